The number of hydrogen-bond acceptors (Lipinski definition) is 5. The zero-order valence-corrected chi connectivity index (χ0v) is 13.9. The maximum atomic E-state index is 12.4. The molecule has 1 aliphatic rings. The molecule has 0 bridgehead atoms. The second-order valence-corrected chi connectivity index (χ2v) is 6.86. The second kappa shape index (κ2) is 6.16. The molecule has 6 nitrogen and oxygen atoms in total. The molecule has 22 heavy (non-hydrogen) atoms. The topological polar surface area (TPSA) is 64.2 Å². The molecule has 0 aliphatic carbocycles. The second-order valence-electron chi connectivity index (χ2n) is 5.55. The first-order valence-corrected chi connectivity index (χ1v) is 8.35. The highest BCUT2D eigenvalue weighted by molar-refractivity contribution is 8.00. The first kappa shape index (κ1) is 15.1. The maximum Gasteiger partial charge on any atom is 0.235 e. The van der Waals surface area contributed by atoms with Gasteiger partial charge in [0.15, 0.2) is 11.0 Å². The van der Waals surface area contributed by atoms with Gasteiger partial charge in [-0.25, -0.2) is 0 Å². The molecule has 0 saturated carbocycles. The third-order valence-electron chi connectivity index (χ3n) is 3.98. The number of aryl methyl sites for hydroxylation is 1. The molecule has 1 aliphatic heterocycles. The quantitative estimate of drug-likeness (QED) is 0.810. The summed E-state index contributed by atoms with van der Waals surface area (Å²) in [6, 6.07) is 1.88. The number of rotatable bonds is 4. The first-order chi connectivity index (χ1) is 10.6. The molecule has 0 N–H and O–H groups in total. The van der Waals surface area contributed by atoms with E-state index in [-0.39, 0.29) is 11.2 Å². The largest absolute Gasteiger partial charge is 0.469 e. The van der Waals surface area contributed by atoms with Crippen LogP contribution in [0.5, 0.6) is 0 Å². The van der Waals surface area contributed by atoms with E-state index in [0.29, 0.717) is 0 Å². The lowest BCUT2D eigenvalue weighted by Crippen LogP contribution is -2.34. The van der Waals surface area contributed by atoms with Gasteiger partial charge in [0.05, 0.1) is 17.1 Å². The van der Waals surface area contributed by atoms with Crippen molar-refractivity contribution in [2.45, 2.75) is 37.1 Å². The fourth-order valence-corrected chi connectivity index (χ4v) is 3.57. The molecular weight excluding hydrogens is 300 g/mol. The van der Waals surface area contributed by atoms with E-state index in [1.54, 1.807) is 6.26 Å². The summed E-state index contributed by atoms with van der Waals surface area (Å²) in [6.07, 6.45) is 3.86. The van der Waals surface area contributed by atoms with Gasteiger partial charge >= 0.3 is 0 Å². The number of nitrogens with zero attached hydrogens (tertiary/aromatic N) is 4. The van der Waals surface area contributed by atoms with Crippen LogP contribution in [0.4, 0.5) is 0 Å². The van der Waals surface area contributed by atoms with Crippen LogP contribution in [0, 0.1) is 6.92 Å². The van der Waals surface area contributed by atoms with Gasteiger partial charge in [-0.15, -0.1) is 10.2 Å². The summed E-state index contributed by atoms with van der Waals surface area (Å²) in [7, 11) is 1.91. The van der Waals surface area contributed by atoms with E-state index in [9.17, 15) is 4.79 Å². The monoisotopic (exact) mass is 320 g/mol. The number of amides is 1. The minimum absolute atomic E-state index is 0.153. The van der Waals surface area contributed by atoms with Crippen LogP contribution >= 0.6 is 11.8 Å². The molecule has 1 fully saturated rings. The molecule has 1 amide bonds. The third-order valence-corrected chi connectivity index (χ3v) is 5.10. The van der Waals surface area contributed by atoms with E-state index in [2.05, 4.69) is 10.2 Å². The molecule has 2 aromatic rings. The predicted octanol–water partition coefficient (Wildman–Crippen LogP) is 2.49. The van der Waals surface area contributed by atoms with Crippen LogP contribution in [-0.2, 0) is 11.8 Å². The van der Waals surface area contributed by atoms with Crippen molar-refractivity contribution in [1.29, 1.82) is 0 Å². The van der Waals surface area contributed by atoms with Crippen molar-refractivity contribution in [3.8, 4) is 11.4 Å². The lowest BCUT2D eigenvalue weighted by Gasteiger charge is -2.19. The first-order valence-electron chi connectivity index (χ1n) is 7.47. The molecule has 0 unspecified atom stereocenters. The highest BCUT2D eigenvalue weighted by atomic mass is 32.2. The van der Waals surface area contributed by atoms with Crippen molar-refractivity contribution in [3.63, 3.8) is 0 Å². The average molecular weight is 320 g/mol. The SMILES string of the molecule is Cc1occc1-c1nnc(S[C@H](C)C(=O)N2CCCC2)n1C. The van der Waals surface area contributed by atoms with Gasteiger partial charge in [0.1, 0.15) is 5.76 Å². The summed E-state index contributed by atoms with van der Waals surface area (Å²) in [5.41, 5.74) is 0.931. The van der Waals surface area contributed by atoms with E-state index >= 15 is 0 Å². The predicted molar refractivity (Wildman–Crippen MR) is 84.6 cm³/mol. The van der Waals surface area contributed by atoms with Gasteiger partial charge in [-0.05, 0) is 32.8 Å². The molecule has 0 spiro atoms. The number of furan rings is 1. The Balaban J connectivity index is 1.74. The van der Waals surface area contributed by atoms with Crippen LogP contribution in [0.15, 0.2) is 21.9 Å². The van der Waals surface area contributed by atoms with Crippen molar-refractivity contribution in [3.05, 3.63) is 18.1 Å². The maximum absolute atomic E-state index is 12.4. The summed E-state index contributed by atoms with van der Waals surface area (Å²) in [6.45, 7) is 5.59. The molecule has 1 saturated heterocycles. The van der Waals surface area contributed by atoms with E-state index in [1.807, 2.05) is 36.4 Å². The van der Waals surface area contributed by atoms with Crippen molar-refractivity contribution in [1.82, 2.24) is 19.7 Å². The Bertz CT molecular complexity index is 673. The molecule has 1 atom stereocenters. The number of hydrogen-bond donors (Lipinski definition) is 0. The van der Waals surface area contributed by atoms with E-state index in [4.69, 9.17) is 4.42 Å². The van der Waals surface area contributed by atoms with Gasteiger partial charge in [-0.1, -0.05) is 11.8 Å². The molecule has 2 aromatic heterocycles. The van der Waals surface area contributed by atoms with Gasteiger partial charge in [-0.2, -0.15) is 0 Å². The Labute approximate surface area is 133 Å². The highest BCUT2D eigenvalue weighted by Crippen LogP contribution is 2.28. The van der Waals surface area contributed by atoms with Gasteiger partial charge in [0.2, 0.25) is 5.91 Å². The summed E-state index contributed by atoms with van der Waals surface area (Å²) >= 11 is 1.46. The van der Waals surface area contributed by atoms with Crippen LogP contribution in [-0.4, -0.2) is 43.9 Å². The normalized spacial score (nSPS) is 16.2. The molecule has 3 heterocycles. The molecule has 118 valence electrons. The van der Waals surface area contributed by atoms with Crippen LogP contribution in [0.3, 0.4) is 0 Å². The molecule has 7 heteroatoms. The Hall–Kier alpha value is -1.76. The standard InChI is InChI=1S/C15H20N4O2S/c1-10-12(6-9-21-10)13-16-17-15(18(13)3)22-11(2)14(20)19-7-4-5-8-19/h6,9,11H,4-5,7-8H2,1-3H3/t11-/m1/s1. The lowest BCUT2D eigenvalue weighted by molar-refractivity contribution is -0.129. The van der Waals surface area contributed by atoms with Gasteiger partial charge in [0.25, 0.3) is 0 Å². The summed E-state index contributed by atoms with van der Waals surface area (Å²) in [5, 5.41) is 9.05. The molecule has 3 rings (SSSR count). The summed E-state index contributed by atoms with van der Waals surface area (Å²) in [4.78, 5) is 14.3. The van der Waals surface area contributed by atoms with Crippen LogP contribution in [0.1, 0.15) is 25.5 Å². The average Bonchev–Trinajstić information content (AvgIpc) is 3.22. The Morgan fingerprint density at radius 3 is 2.73 bits per heavy atom. The number of aromatic nitrogens is 3. The minimum Gasteiger partial charge on any atom is -0.469 e. The number of carbonyl (C=O) groups is 1. The number of likely N-dealkylation sites (tertiary alicyclic amines) is 1. The zero-order valence-electron chi connectivity index (χ0n) is 13.1. The van der Waals surface area contributed by atoms with Crippen LogP contribution in [0.25, 0.3) is 11.4 Å². The Morgan fingerprint density at radius 1 is 1.36 bits per heavy atom. The molecule has 0 aromatic carbocycles. The van der Waals surface area contributed by atoms with Crippen molar-refractivity contribution in [2.24, 2.45) is 7.05 Å². The van der Waals surface area contributed by atoms with Crippen molar-refractivity contribution in [2.75, 3.05) is 13.1 Å². The molecular formula is C15H20N4O2S. The summed E-state index contributed by atoms with van der Waals surface area (Å²) < 4.78 is 7.23. The fraction of sp³-hybridized carbons (Fsp3) is 0.533. The van der Waals surface area contributed by atoms with Crippen LogP contribution in [0.2, 0.25) is 0 Å². The number of thioether (sulfide) groups is 1. The van der Waals surface area contributed by atoms with Gasteiger partial charge < -0.3 is 13.9 Å². The van der Waals surface area contributed by atoms with Crippen LogP contribution < -0.4 is 0 Å². The van der Waals surface area contributed by atoms with E-state index in [1.165, 1.54) is 11.8 Å². The van der Waals surface area contributed by atoms with E-state index < -0.39 is 0 Å². The Kier molecular flexibility index (Phi) is 4.24. The summed E-state index contributed by atoms with van der Waals surface area (Å²) in [5.74, 6) is 1.76. The number of carbonyl (C=O) groups excluding carboxylic acids is 1. The third kappa shape index (κ3) is 2.77. The van der Waals surface area contributed by atoms with Crippen molar-refractivity contribution >= 4 is 17.7 Å². The minimum atomic E-state index is -0.153. The lowest BCUT2D eigenvalue weighted by atomic mass is 10.2. The van der Waals surface area contributed by atoms with E-state index in [0.717, 1.165) is 48.2 Å². The molecule has 0 radical (unpaired) electrons. The zero-order chi connectivity index (χ0) is 15.7. The van der Waals surface area contributed by atoms with Crippen molar-refractivity contribution < 1.29 is 9.21 Å². The highest BCUT2D eigenvalue weighted by Gasteiger charge is 2.26. The fourth-order valence-electron chi connectivity index (χ4n) is 2.67. The van der Waals surface area contributed by atoms with Gasteiger partial charge in [-0.3, -0.25) is 4.79 Å². The Morgan fingerprint density at radius 2 is 2.09 bits per heavy atom. The smallest absolute Gasteiger partial charge is 0.235 e. The van der Waals surface area contributed by atoms with Gasteiger partial charge in [0, 0.05) is 20.1 Å².